The number of likely N-dealkylation sites (tertiary alicyclic amines) is 1. The van der Waals surface area contributed by atoms with Crippen LogP contribution in [0.25, 0.3) is 0 Å². The molecule has 1 aliphatic rings. The maximum absolute atomic E-state index is 12.2. The second kappa shape index (κ2) is 6.60. The van der Waals surface area contributed by atoms with Crippen molar-refractivity contribution in [3.05, 3.63) is 35.4 Å². The van der Waals surface area contributed by atoms with E-state index in [-0.39, 0.29) is 31.2 Å². The van der Waals surface area contributed by atoms with Gasteiger partial charge in [0.1, 0.15) is 6.04 Å². The number of hydrogen-bond acceptors (Lipinski definition) is 4. The van der Waals surface area contributed by atoms with Crippen LogP contribution in [-0.2, 0) is 20.9 Å². The number of amides is 3. The Kier molecular flexibility index (Phi) is 4.78. The lowest BCUT2D eigenvalue weighted by atomic mass is 10.1. The van der Waals surface area contributed by atoms with Gasteiger partial charge in [0.05, 0.1) is 6.54 Å². The fourth-order valence-corrected chi connectivity index (χ4v) is 2.28. The number of imide groups is 1. The lowest BCUT2D eigenvalue weighted by Crippen LogP contribution is -2.40. The lowest BCUT2D eigenvalue weighted by Gasteiger charge is -2.21. The van der Waals surface area contributed by atoms with Crippen LogP contribution in [-0.4, -0.2) is 51.7 Å². The maximum Gasteiger partial charge on any atom is 0.326 e. The van der Waals surface area contributed by atoms with E-state index in [1.807, 2.05) is 0 Å². The Bertz CT molecular complexity index is 637. The maximum atomic E-state index is 12.2. The molecule has 1 N–H and O–H groups in total. The molecule has 23 heavy (non-hydrogen) atoms. The molecule has 1 atom stereocenters. The molecule has 3 amide bonds. The largest absolute Gasteiger partial charge is 0.480 e. The summed E-state index contributed by atoms with van der Waals surface area (Å²) in [6, 6.07) is 5.51. The molecule has 0 saturated carbocycles. The van der Waals surface area contributed by atoms with E-state index in [1.165, 1.54) is 18.9 Å². The summed E-state index contributed by atoms with van der Waals surface area (Å²) in [5.74, 6) is -1.86. The quantitative estimate of drug-likeness (QED) is 0.813. The molecule has 1 aliphatic heterocycles. The number of hydrogen-bond donors (Lipinski definition) is 1. The molecule has 0 spiro atoms. The van der Waals surface area contributed by atoms with Crippen molar-refractivity contribution in [1.29, 1.82) is 0 Å². The first-order chi connectivity index (χ1) is 10.8. The van der Waals surface area contributed by atoms with Crippen molar-refractivity contribution in [3.63, 3.8) is 0 Å². The van der Waals surface area contributed by atoms with E-state index in [4.69, 9.17) is 5.11 Å². The number of carboxylic acid groups (broad SMARTS) is 1. The minimum absolute atomic E-state index is 0.188. The summed E-state index contributed by atoms with van der Waals surface area (Å²) in [4.78, 5) is 48.6. The highest BCUT2D eigenvalue weighted by molar-refractivity contribution is 6.01. The summed E-state index contributed by atoms with van der Waals surface area (Å²) in [5, 5.41) is 8.94. The zero-order chi connectivity index (χ0) is 17.1. The van der Waals surface area contributed by atoms with Gasteiger partial charge in [0.2, 0.25) is 11.8 Å². The van der Waals surface area contributed by atoms with Crippen LogP contribution in [0.5, 0.6) is 0 Å². The number of rotatable bonds is 5. The van der Waals surface area contributed by atoms with Gasteiger partial charge in [-0.05, 0) is 24.6 Å². The standard InChI is InChI=1S/C16H18N2O5/c1-10(16(22)23)17(2)15(21)12-5-3-11(4-6-12)9-18-13(19)7-8-14(18)20/h3-6,10H,7-9H2,1-2H3,(H,22,23). The van der Waals surface area contributed by atoms with Gasteiger partial charge in [-0.25, -0.2) is 4.79 Å². The molecular formula is C16H18N2O5. The van der Waals surface area contributed by atoms with Crippen LogP contribution in [0.1, 0.15) is 35.7 Å². The second-order valence-electron chi connectivity index (χ2n) is 5.50. The van der Waals surface area contributed by atoms with Crippen LogP contribution >= 0.6 is 0 Å². The molecule has 1 heterocycles. The molecule has 1 aromatic carbocycles. The molecule has 1 fully saturated rings. The minimum atomic E-state index is -1.08. The van der Waals surface area contributed by atoms with Gasteiger partial charge in [0.15, 0.2) is 0 Å². The summed E-state index contributed by atoms with van der Waals surface area (Å²) in [6.07, 6.45) is 0.487. The van der Waals surface area contributed by atoms with E-state index in [9.17, 15) is 19.2 Å². The van der Waals surface area contributed by atoms with Crippen molar-refractivity contribution >= 4 is 23.7 Å². The van der Waals surface area contributed by atoms with Crippen molar-refractivity contribution in [2.45, 2.75) is 32.4 Å². The van der Waals surface area contributed by atoms with Crippen molar-refractivity contribution in [2.75, 3.05) is 7.05 Å². The zero-order valence-electron chi connectivity index (χ0n) is 13.0. The average Bonchev–Trinajstić information content (AvgIpc) is 2.85. The molecule has 1 aromatic rings. The van der Waals surface area contributed by atoms with E-state index in [2.05, 4.69) is 0 Å². The van der Waals surface area contributed by atoms with E-state index < -0.39 is 17.9 Å². The van der Waals surface area contributed by atoms with Crippen LogP contribution in [0.4, 0.5) is 0 Å². The Morgan fingerprint density at radius 1 is 1.17 bits per heavy atom. The number of benzene rings is 1. The Balaban J connectivity index is 2.07. The highest BCUT2D eigenvalue weighted by Gasteiger charge is 2.28. The fourth-order valence-electron chi connectivity index (χ4n) is 2.28. The van der Waals surface area contributed by atoms with E-state index in [0.29, 0.717) is 5.56 Å². The molecule has 2 rings (SSSR count). The lowest BCUT2D eigenvalue weighted by molar-refractivity contribution is -0.141. The Labute approximate surface area is 133 Å². The third-order valence-corrected chi connectivity index (χ3v) is 3.96. The van der Waals surface area contributed by atoms with Crippen molar-refractivity contribution < 1.29 is 24.3 Å². The Morgan fingerprint density at radius 3 is 2.17 bits per heavy atom. The summed E-state index contributed by atoms with van der Waals surface area (Å²) >= 11 is 0. The number of carbonyl (C=O) groups is 4. The first-order valence-electron chi connectivity index (χ1n) is 7.23. The normalized spacial score (nSPS) is 15.7. The third kappa shape index (κ3) is 3.56. The number of likely N-dealkylation sites (N-methyl/N-ethyl adjacent to an activating group) is 1. The van der Waals surface area contributed by atoms with Gasteiger partial charge in [-0.15, -0.1) is 0 Å². The summed E-state index contributed by atoms with van der Waals surface area (Å²) in [6.45, 7) is 1.62. The van der Waals surface area contributed by atoms with Gasteiger partial charge >= 0.3 is 5.97 Å². The third-order valence-electron chi connectivity index (χ3n) is 3.96. The van der Waals surface area contributed by atoms with Crippen LogP contribution in [0.2, 0.25) is 0 Å². The van der Waals surface area contributed by atoms with Gasteiger partial charge in [0.25, 0.3) is 5.91 Å². The molecule has 0 aromatic heterocycles. The van der Waals surface area contributed by atoms with Gasteiger partial charge in [0, 0.05) is 25.5 Å². The van der Waals surface area contributed by atoms with Crippen LogP contribution < -0.4 is 0 Å². The van der Waals surface area contributed by atoms with Crippen LogP contribution in [0.15, 0.2) is 24.3 Å². The zero-order valence-corrected chi connectivity index (χ0v) is 13.0. The van der Waals surface area contributed by atoms with Crippen molar-refractivity contribution in [3.8, 4) is 0 Å². The number of carbonyl (C=O) groups excluding carboxylic acids is 3. The predicted octanol–water partition coefficient (Wildman–Crippen LogP) is 0.881. The molecule has 1 saturated heterocycles. The van der Waals surface area contributed by atoms with Crippen molar-refractivity contribution in [2.24, 2.45) is 0 Å². The number of aliphatic carboxylic acids is 1. The summed E-state index contributed by atoms with van der Waals surface area (Å²) < 4.78 is 0. The molecule has 122 valence electrons. The minimum Gasteiger partial charge on any atom is -0.480 e. The smallest absolute Gasteiger partial charge is 0.326 e. The van der Waals surface area contributed by atoms with E-state index in [1.54, 1.807) is 24.3 Å². The van der Waals surface area contributed by atoms with Gasteiger partial charge < -0.3 is 10.0 Å². The second-order valence-corrected chi connectivity index (χ2v) is 5.50. The highest BCUT2D eigenvalue weighted by Crippen LogP contribution is 2.17. The summed E-state index contributed by atoms with van der Waals surface area (Å²) in [5.41, 5.74) is 1.09. The van der Waals surface area contributed by atoms with Crippen molar-refractivity contribution in [1.82, 2.24) is 9.80 Å². The molecule has 0 aliphatic carbocycles. The Hall–Kier alpha value is -2.70. The fraction of sp³-hybridized carbons (Fsp3) is 0.375. The topological polar surface area (TPSA) is 95.0 Å². The Morgan fingerprint density at radius 2 is 1.70 bits per heavy atom. The highest BCUT2D eigenvalue weighted by atomic mass is 16.4. The van der Waals surface area contributed by atoms with E-state index >= 15 is 0 Å². The monoisotopic (exact) mass is 318 g/mol. The SMILES string of the molecule is CC(C(=O)O)N(C)C(=O)c1ccc(CN2C(=O)CCC2=O)cc1. The van der Waals surface area contributed by atoms with Crippen LogP contribution in [0.3, 0.4) is 0 Å². The molecule has 7 heteroatoms. The molecule has 0 bridgehead atoms. The van der Waals surface area contributed by atoms with Gasteiger partial charge in [-0.3, -0.25) is 19.3 Å². The predicted molar refractivity (Wildman–Crippen MR) is 80.4 cm³/mol. The van der Waals surface area contributed by atoms with Gasteiger partial charge in [-0.2, -0.15) is 0 Å². The number of nitrogens with zero attached hydrogens (tertiary/aromatic N) is 2. The van der Waals surface area contributed by atoms with E-state index in [0.717, 1.165) is 10.5 Å². The average molecular weight is 318 g/mol. The molecule has 0 radical (unpaired) electrons. The first-order valence-corrected chi connectivity index (χ1v) is 7.23. The first kappa shape index (κ1) is 16.7. The molecule has 7 nitrogen and oxygen atoms in total. The molecular weight excluding hydrogens is 300 g/mol. The summed E-state index contributed by atoms with van der Waals surface area (Å²) in [7, 11) is 1.43. The number of carboxylic acids is 1. The van der Waals surface area contributed by atoms with Crippen LogP contribution in [0, 0.1) is 0 Å². The molecule has 1 unspecified atom stereocenters. The van der Waals surface area contributed by atoms with Gasteiger partial charge in [-0.1, -0.05) is 12.1 Å².